The third kappa shape index (κ3) is 2.23. The summed E-state index contributed by atoms with van der Waals surface area (Å²) in [5, 5.41) is 3.96. The SMILES string of the molecule is Fc1cc(Br)c2nc(Nc3ccccc3)sc2c1. The molecule has 90 valence electrons. The molecular weight excluding hydrogens is 315 g/mol. The lowest BCUT2D eigenvalue weighted by atomic mass is 10.3. The molecule has 1 N–H and O–H groups in total. The minimum atomic E-state index is -0.260. The van der Waals surface area contributed by atoms with Crippen LogP contribution in [-0.2, 0) is 0 Å². The van der Waals surface area contributed by atoms with Gasteiger partial charge in [0.2, 0.25) is 0 Å². The Balaban J connectivity index is 2.01. The van der Waals surface area contributed by atoms with Crippen LogP contribution in [0.2, 0.25) is 0 Å². The highest BCUT2D eigenvalue weighted by Crippen LogP contribution is 2.33. The van der Waals surface area contributed by atoms with Crippen LogP contribution in [0.25, 0.3) is 10.2 Å². The van der Waals surface area contributed by atoms with Crippen molar-refractivity contribution in [3.05, 3.63) is 52.8 Å². The van der Waals surface area contributed by atoms with Crippen LogP contribution < -0.4 is 5.32 Å². The lowest BCUT2D eigenvalue weighted by Crippen LogP contribution is -1.87. The summed E-state index contributed by atoms with van der Waals surface area (Å²) in [6.45, 7) is 0. The van der Waals surface area contributed by atoms with Crippen molar-refractivity contribution in [3.63, 3.8) is 0 Å². The lowest BCUT2D eigenvalue weighted by molar-refractivity contribution is 0.629. The number of nitrogens with zero attached hydrogens (tertiary/aromatic N) is 1. The number of hydrogen-bond donors (Lipinski definition) is 1. The average molecular weight is 323 g/mol. The smallest absolute Gasteiger partial charge is 0.188 e. The van der Waals surface area contributed by atoms with Gasteiger partial charge in [-0.1, -0.05) is 29.5 Å². The molecule has 3 aromatic rings. The monoisotopic (exact) mass is 322 g/mol. The van der Waals surface area contributed by atoms with Crippen LogP contribution in [0.3, 0.4) is 0 Å². The summed E-state index contributed by atoms with van der Waals surface area (Å²) < 4.78 is 14.8. The van der Waals surface area contributed by atoms with Gasteiger partial charge in [0.15, 0.2) is 5.13 Å². The molecule has 0 fully saturated rings. The Kier molecular flexibility index (Phi) is 3.01. The fraction of sp³-hybridized carbons (Fsp3) is 0. The molecule has 1 aromatic heterocycles. The predicted octanol–water partition coefficient (Wildman–Crippen LogP) is 4.94. The predicted molar refractivity (Wildman–Crippen MR) is 77.0 cm³/mol. The van der Waals surface area contributed by atoms with Crippen LogP contribution >= 0.6 is 27.3 Å². The number of rotatable bonds is 2. The molecule has 0 atom stereocenters. The Labute approximate surface area is 116 Å². The van der Waals surface area contributed by atoms with Crippen molar-refractivity contribution >= 4 is 48.3 Å². The molecule has 0 saturated carbocycles. The summed E-state index contributed by atoms with van der Waals surface area (Å²) in [5.41, 5.74) is 1.74. The van der Waals surface area contributed by atoms with Crippen LogP contribution in [0.5, 0.6) is 0 Å². The van der Waals surface area contributed by atoms with E-state index in [1.165, 1.54) is 23.5 Å². The van der Waals surface area contributed by atoms with E-state index in [1.807, 2.05) is 30.3 Å². The minimum absolute atomic E-state index is 0.260. The van der Waals surface area contributed by atoms with Gasteiger partial charge < -0.3 is 5.32 Å². The molecule has 1 heterocycles. The number of aromatic nitrogens is 1. The number of halogens is 2. The molecule has 18 heavy (non-hydrogen) atoms. The van der Waals surface area contributed by atoms with Gasteiger partial charge in [-0.2, -0.15) is 0 Å². The molecule has 2 nitrogen and oxygen atoms in total. The standard InChI is InChI=1S/C13H8BrFN2S/c14-10-6-8(15)7-11-12(10)17-13(18-11)16-9-4-2-1-3-5-9/h1-7H,(H,16,17). The largest absolute Gasteiger partial charge is 0.332 e. The maximum atomic E-state index is 13.3. The fourth-order valence-corrected chi connectivity index (χ4v) is 3.25. The van der Waals surface area contributed by atoms with Crippen LogP contribution in [0.15, 0.2) is 46.9 Å². The van der Waals surface area contributed by atoms with E-state index in [1.54, 1.807) is 0 Å². The molecule has 0 unspecified atom stereocenters. The summed E-state index contributed by atoms with van der Waals surface area (Å²) in [4.78, 5) is 4.44. The number of thiazole rings is 1. The van der Waals surface area contributed by atoms with Gasteiger partial charge in [-0.25, -0.2) is 9.37 Å². The Morgan fingerprint density at radius 2 is 1.94 bits per heavy atom. The van der Waals surface area contributed by atoms with Crippen molar-refractivity contribution in [2.24, 2.45) is 0 Å². The zero-order valence-corrected chi connectivity index (χ0v) is 11.6. The first-order chi connectivity index (χ1) is 8.72. The molecule has 0 aliphatic heterocycles. The maximum absolute atomic E-state index is 13.3. The molecule has 5 heteroatoms. The van der Waals surface area contributed by atoms with Crippen molar-refractivity contribution in [2.75, 3.05) is 5.32 Å². The van der Waals surface area contributed by atoms with Crippen molar-refractivity contribution in [1.82, 2.24) is 4.98 Å². The topological polar surface area (TPSA) is 24.9 Å². The van der Waals surface area contributed by atoms with Gasteiger partial charge in [0.1, 0.15) is 5.82 Å². The highest BCUT2D eigenvalue weighted by molar-refractivity contribution is 9.10. The summed E-state index contributed by atoms with van der Waals surface area (Å²) >= 11 is 4.75. The van der Waals surface area contributed by atoms with Crippen molar-refractivity contribution < 1.29 is 4.39 Å². The van der Waals surface area contributed by atoms with E-state index in [0.29, 0.717) is 4.47 Å². The van der Waals surface area contributed by atoms with Gasteiger partial charge in [-0.3, -0.25) is 0 Å². The summed E-state index contributed by atoms with van der Waals surface area (Å²) in [6, 6.07) is 12.7. The van der Waals surface area contributed by atoms with E-state index >= 15 is 0 Å². The van der Waals surface area contributed by atoms with E-state index in [4.69, 9.17) is 0 Å². The number of nitrogens with one attached hydrogen (secondary N) is 1. The number of para-hydroxylation sites is 1. The Bertz CT molecular complexity index is 697. The zero-order valence-electron chi connectivity index (χ0n) is 9.15. The zero-order chi connectivity index (χ0) is 12.5. The van der Waals surface area contributed by atoms with E-state index in [0.717, 1.165) is 21.0 Å². The number of hydrogen-bond acceptors (Lipinski definition) is 3. The summed E-state index contributed by atoms with van der Waals surface area (Å²) in [6.07, 6.45) is 0. The van der Waals surface area contributed by atoms with Gasteiger partial charge in [-0.15, -0.1) is 0 Å². The third-order valence-electron chi connectivity index (χ3n) is 2.44. The van der Waals surface area contributed by atoms with Gasteiger partial charge in [-0.05, 0) is 40.2 Å². The van der Waals surface area contributed by atoms with Crippen LogP contribution in [0.1, 0.15) is 0 Å². The first-order valence-corrected chi connectivity index (χ1v) is 6.91. The summed E-state index contributed by atoms with van der Waals surface area (Å²) in [7, 11) is 0. The normalized spacial score (nSPS) is 10.8. The molecule has 0 amide bonds. The molecular formula is C13H8BrFN2S. The van der Waals surface area contributed by atoms with E-state index in [9.17, 15) is 4.39 Å². The molecule has 0 bridgehead atoms. The first-order valence-electron chi connectivity index (χ1n) is 5.30. The average Bonchev–Trinajstić information content (AvgIpc) is 2.73. The number of anilines is 2. The highest BCUT2D eigenvalue weighted by Gasteiger charge is 2.09. The third-order valence-corrected chi connectivity index (χ3v) is 3.96. The van der Waals surface area contributed by atoms with Crippen molar-refractivity contribution in [2.45, 2.75) is 0 Å². The second-order valence-electron chi connectivity index (χ2n) is 3.74. The molecule has 0 aliphatic carbocycles. The minimum Gasteiger partial charge on any atom is -0.332 e. The van der Waals surface area contributed by atoms with Crippen LogP contribution in [0, 0.1) is 5.82 Å². The molecule has 0 aliphatic rings. The van der Waals surface area contributed by atoms with Gasteiger partial charge in [0, 0.05) is 10.2 Å². The fourth-order valence-electron chi connectivity index (χ4n) is 1.66. The Morgan fingerprint density at radius 1 is 1.17 bits per heavy atom. The quantitative estimate of drug-likeness (QED) is 0.722. The molecule has 0 spiro atoms. The highest BCUT2D eigenvalue weighted by atomic mass is 79.9. The Morgan fingerprint density at radius 3 is 2.72 bits per heavy atom. The molecule has 0 radical (unpaired) electrons. The molecule has 0 saturated heterocycles. The van der Waals surface area contributed by atoms with Crippen LogP contribution in [0.4, 0.5) is 15.2 Å². The summed E-state index contributed by atoms with van der Waals surface area (Å²) in [5.74, 6) is -0.260. The van der Waals surface area contributed by atoms with Crippen LogP contribution in [-0.4, -0.2) is 4.98 Å². The molecule has 2 aromatic carbocycles. The molecule has 3 rings (SSSR count). The lowest BCUT2D eigenvalue weighted by Gasteiger charge is -1.99. The van der Waals surface area contributed by atoms with Crippen molar-refractivity contribution in [3.8, 4) is 0 Å². The van der Waals surface area contributed by atoms with E-state index in [-0.39, 0.29) is 5.82 Å². The number of fused-ring (bicyclic) bond motifs is 1. The first kappa shape index (κ1) is 11.6. The van der Waals surface area contributed by atoms with Gasteiger partial charge in [0.05, 0.1) is 10.2 Å². The second kappa shape index (κ2) is 4.66. The second-order valence-corrected chi connectivity index (χ2v) is 5.63. The van der Waals surface area contributed by atoms with Crippen molar-refractivity contribution in [1.29, 1.82) is 0 Å². The van der Waals surface area contributed by atoms with E-state index < -0.39 is 0 Å². The van der Waals surface area contributed by atoms with E-state index in [2.05, 4.69) is 26.2 Å². The Hall–Kier alpha value is -1.46. The number of benzene rings is 2. The maximum Gasteiger partial charge on any atom is 0.188 e. The van der Waals surface area contributed by atoms with Gasteiger partial charge >= 0.3 is 0 Å². The van der Waals surface area contributed by atoms with Gasteiger partial charge in [0.25, 0.3) is 0 Å².